The van der Waals surface area contributed by atoms with Gasteiger partial charge in [-0.3, -0.25) is 14.9 Å². The molecule has 25 heavy (non-hydrogen) atoms. The van der Waals surface area contributed by atoms with Crippen LogP contribution in [0.5, 0.6) is 0 Å². The van der Waals surface area contributed by atoms with E-state index in [2.05, 4.69) is 10.6 Å². The molecule has 0 aromatic heterocycles. The van der Waals surface area contributed by atoms with Crippen LogP contribution in [0.2, 0.25) is 0 Å². The molecule has 0 bridgehead atoms. The van der Waals surface area contributed by atoms with Crippen molar-refractivity contribution in [2.45, 2.75) is 31.2 Å². The highest BCUT2D eigenvalue weighted by Gasteiger charge is 2.19. The zero-order chi connectivity index (χ0) is 19.2. The molecule has 1 amide bonds. The lowest BCUT2D eigenvalue weighted by atomic mass is 10.0. The molecule has 10 heteroatoms. The van der Waals surface area contributed by atoms with E-state index < -0.39 is 20.8 Å². The first-order valence-corrected chi connectivity index (χ1v) is 9.67. The molecule has 140 valence electrons. The molecule has 9 nitrogen and oxygen atoms in total. The maximum Gasteiger partial charge on any atom is 0.293 e. The zero-order valence-corrected chi connectivity index (χ0v) is 15.3. The van der Waals surface area contributed by atoms with Gasteiger partial charge < -0.3 is 16.4 Å². The summed E-state index contributed by atoms with van der Waals surface area (Å²) in [5.74, 6) is 0.0207. The first-order valence-electron chi connectivity index (χ1n) is 7.78. The van der Waals surface area contributed by atoms with Gasteiger partial charge in [0.15, 0.2) is 9.84 Å². The van der Waals surface area contributed by atoms with E-state index in [0.29, 0.717) is 12.3 Å². The normalized spacial score (nSPS) is 12.7. The second kappa shape index (κ2) is 8.77. The molecule has 0 radical (unpaired) electrons. The van der Waals surface area contributed by atoms with E-state index in [1.807, 2.05) is 13.8 Å². The molecule has 1 aromatic carbocycles. The quantitative estimate of drug-likeness (QED) is 0.332. The zero-order valence-electron chi connectivity index (χ0n) is 14.5. The average molecular weight is 372 g/mol. The number of benzene rings is 1. The van der Waals surface area contributed by atoms with Crippen LogP contribution in [0.3, 0.4) is 0 Å². The Kier molecular flexibility index (Phi) is 7.31. The molecule has 0 fully saturated rings. The number of nitrogens with two attached hydrogens (primary N) is 1. The molecule has 0 spiro atoms. The molecule has 0 aliphatic carbocycles. The summed E-state index contributed by atoms with van der Waals surface area (Å²) in [5, 5.41) is 16.6. The van der Waals surface area contributed by atoms with Crippen LogP contribution in [-0.4, -0.2) is 44.6 Å². The summed E-state index contributed by atoms with van der Waals surface area (Å²) in [4.78, 5) is 22.1. The summed E-state index contributed by atoms with van der Waals surface area (Å²) in [6, 6.07) is 3.04. The molecule has 1 atom stereocenters. The first kappa shape index (κ1) is 20.8. The highest BCUT2D eigenvalue weighted by molar-refractivity contribution is 7.90. The maximum atomic E-state index is 11.8. The number of amides is 1. The Morgan fingerprint density at radius 1 is 1.32 bits per heavy atom. The third-order valence-corrected chi connectivity index (χ3v) is 4.51. The second-order valence-corrected chi connectivity index (χ2v) is 8.18. The van der Waals surface area contributed by atoms with Crippen LogP contribution in [0.1, 0.15) is 20.3 Å². The van der Waals surface area contributed by atoms with Crippen molar-refractivity contribution in [2.24, 2.45) is 11.7 Å². The second-order valence-electron chi connectivity index (χ2n) is 6.16. The number of rotatable bonds is 9. The van der Waals surface area contributed by atoms with E-state index in [4.69, 9.17) is 5.73 Å². The van der Waals surface area contributed by atoms with Gasteiger partial charge in [0, 0.05) is 25.4 Å². The van der Waals surface area contributed by atoms with E-state index in [9.17, 15) is 23.3 Å². The van der Waals surface area contributed by atoms with Gasteiger partial charge >= 0.3 is 0 Å². The van der Waals surface area contributed by atoms with Gasteiger partial charge in [-0.2, -0.15) is 0 Å². The van der Waals surface area contributed by atoms with Gasteiger partial charge in [0.2, 0.25) is 5.91 Å². The summed E-state index contributed by atoms with van der Waals surface area (Å²) in [7, 11) is -3.53. The van der Waals surface area contributed by atoms with Crippen LogP contribution in [-0.2, 0) is 14.6 Å². The van der Waals surface area contributed by atoms with Crippen molar-refractivity contribution in [3.8, 4) is 0 Å². The van der Waals surface area contributed by atoms with Crippen molar-refractivity contribution in [3.63, 3.8) is 0 Å². The number of hydrogen-bond acceptors (Lipinski definition) is 7. The lowest BCUT2D eigenvalue weighted by molar-refractivity contribution is -0.384. The standard InChI is InChI=1S/C15H24N4O5S/c1-10(2)8-12(16)15(20)18-7-6-17-13-5-4-11(25(3,23)24)9-14(13)19(21)22/h4-5,9-10,12,17H,6-8,16H2,1-3H3,(H,18,20)/t12-/m0/s1. The predicted octanol–water partition coefficient (Wildman–Crippen LogP) is 0.900. The Morgan fingerprint density at radius 2 is 1.96 bits per heavy atom. The minimum atomic E-state index is -3.53. The van der Waals surface area contributed by atoms with Crippen LogP contribution in [0.25, 0.3) is 0 Å². The van der Waals surface area contributed by atoms with Gasteiger partial charge in [0.1, 0.15) is 5.69 Å². The molecule has 4 N–H and O–H groups in total. The van der Waals surface area contributed by atoms with Gasteiger partial charge in [-0.25, -0.2) is 8.42 Å². The molecular weight excluding hydrogens is 348 g/mol. The Bertz CT molecular complexity index is 733. The number of nitro groups is 1. The van der Waals surface area contributed by atoms with E-state index >= 15 is 0 Å². The van der Waals surface area contributed by atoms with Crippen LogP contribution < -0.4 is 16.4 Å². The SMILES string of the molecule is CC(C)C[C@H](N)C(=O)NCCNc1ccc(S(C)(=O)=O)cc1[N+](=O)[O-]. The van der Waals surface area contributed by atoms with Crippen LogP contribution in [0.4, 0.5) is 11.4 Å². The number of hydrogen-bond donors (Lipinski definition) is 3. The monoisotopic (exact) mass is 372 g/mol. The van der Waals surface area contributed by atoms with E-state index in [-0.39, 0.29) is 35.3 Å². The van der Waals surface area contributed by atoms with Crippen molar-refractivity contribution in [2.75, 3.05) is 24.7 Å². The van der Waals surface area contributed by atoms with E-state index in [0.717, 1.165) is 12.3 Å². The number of nitrogens with zero attached hydrogens (tertiary/aromatic N) is 1. The summed E-state index contributed by atoms with van der Waals surface area (Å²) in [6.07, 6.45) is 1.55. The molecule has 0 heterocycles. The smallest absolute Gasteiger partial charge is 0.293 e. The highest BCUT2D eigenvalue weighted by atomic mass is 32.2. The minimum Gasteiger partial charge on any atom is -0.378 e. The third-order valence-electron chi connectivity index (χ3n) is 3.40. The molecule has 0 aliphatic rings. The van der Waals surface area contributed by atoms with Crippen molar-refractivity contribution in [1.82, 2.24) is 5.32 Å². The van der Waals surface area contributed by atoms with Crippen molar-refractivity contribution < 1.29 is 18.1 Å². The Balaban J connectivity index is 2.66. The molecule has 0 unspecified atom stereocenters. The Morgan fingerprint density at radius 3 is 2.48 bits per heavy atom. The van der Waals surface area contributed by atoms with Crippen molar-refractivity contribution in [1.29, 1.82) is 0 Å². The number of nitrogens with one attached hydrogen (secondary N) is 2. The van der Waals surface area contributed by atoms with E-state index in [1.54, 1.807) is 0 Å². The van der Waals surface area contributed by atoms with Gasteiger partial charge in [0.25, 0.3) is 5.69 Å². The van der Waals surface area contributed by atoms with Crippen LogP contribution >= 0.6 is 0 Å². The minimum absolute atomic E-state index is 0.127. The van der Waals surface area contributed by atoms with Gasteiger partial charge in [-0.15, -0.1) is 0 Å². The highest BCUT2D eigenvalue weighted by Crippen LogP contribution is 2.27. The largest absolute Gasteiger partial charge is 0.378 e. The lowest BCUT2D eigenvalue weighted by Gasteiger charge is -2.14. The fourth-order valence-electron chi connectivity index (χ4n) is 2.17. The number of anilines is 1. The van der Waals surface area contributed by atoms with Crippen LogP contribution in [0.15, 0.2) is 23.1 Å². The maximum absolute atomic E-state index is 11.8. The third kappa shape index (κ3) is 6.67. The van der Waals surface area contributed by atoms with Crippen LogP contribution in [0, 0.1) is 16.0 Å². The Labute approximate surface area is 147 Å². The summed E-state index contributed by atoms with van der Waals surface area (Å²) < 4.78 is 23.0. The molecule has 0 aliphatic heterocycles. The number of nitro benzene ring substituents is 1. The number of carbonyl (C=O) groups is 1. The number of sulfone groups is 1. The van der Waals surface area contributed by atoms with Gasteiger partial charge in [-0.1, -0.05) is 13.8 Å². The van der Waals surface area contributed by atoms with Crippen molar-refractivity contribution >= 4 is 27.1 Å². The summed E-state index contributed by atoms with van der Waals surface area (Å²) in [5.41, 5.74) is 5.59. The average Bonchev–Trinajstić information content (AvgIpc) is 2.49. The van der Waals surface area contributed by atoms with Gasteiger partial charge in [0.05, 0.1) is 15.9 Å². The topological polar surface area (TPSA) is 144 Å². The summed E-state index contributed by atoms with van der Waals surface area (Å²) in [6.45, 7) is 4.40. The fraction of sp³-hybridized carbons (Fsp3) is 0.533. The molecule has 1 rings (SSSR count). The summed E-state index contributed by atoms with van der Waals surface area (Å²) >= 11 is 0. The number of carbonyl (C=O) groups excluding carboxylic acids is 1. The molecule has 0 saturated heterocycles. The van der Waals surface area contributed by atoms with Crippen molar-refractivity contribution in [3.05, 3.63) is 28.3 Å². The first-order chi connectivity index (χ1) is 11.5. The molecule has 1 aromatic rings. The van der Waals surface area contributed by atoms with Gasteiger partial charge in [-0.05, 0) is 24.5 Å². The lowest BCUT2D eigenvalue weighted by Crippen LogP contribution is -2.42. The fourth-order valence-corrected chi connectivity index (χ4v) is 2.81. The van der Waals surface area contributed by atoms with E-state index in [1.165, 1.54) is 12.1 Å². The molecule has 0 saturated carbocycles. The Hall–Kier alpha value is -2.20. The molecular formula is C15H24N4O5S. The predicted molar refractivity (Wildman–Crippen MR) is 95.1 cm³/mol.